The Bertz CT molecular complexity index is 1480. The van der Waals surface area contributed by atoms with Gasteiger partial charge in [0.1, 0.15) is 35.6 Å². The second-order valence-corrected chi connectivity index (χ2v) is 9.32. The average molecular weight is 514 g/mol. The van der Waals surface area contributed by atoms with Crippen LogP contribution in [0.4, 0.5) is 4.39 Å². The molecule has 1 fully saturated rings. The SMILES string of the molecule is COc1ccc(OC[C@H](OCC2CC2)c2cccc(/C=C/c3ccc4ccc(F)cc4n3)c2)c(C(=O)O)c1. The lowest BCUT2D eigenvalue weighted by atomic mass is 10.1. The van der Waals surface area contributed by atoms with E-state index in [1.165, 1.54) is 25.3 Å². The van der Waals surface area contributed by atoms with Crippen molar-refractivity contribution in [3.8, 4) is 11.5 Å². The van der Waals surface area contributed by atoms with E-state index in [4.69, 9.17) is 14.2 Å². The summed E-state index contributed by atoms with van der Waals surface area (Å²) in [6, 6.07) is 21.0. The van der Waals surface area contributed by atoms with Gasteiger partial charge in [-0.15, -0.1) is 0 Å². The molecule has 0 aliphatic heterocycles. The van der Waals surface area contributed by atoms with Crippen LogP contribution in [0.15, 0.2) is 72.8 Å². The van der Waals surface area contributed by atoms with Crippen molar-refractivity contribution in [3.05, 3.63) is 101 Å². The number of benzene rings is 3. The van der Waals surface area contributed by atoms with E-state index in [9.17, 15) is 14.3 Å². The first-order chi connectivity index (χ1) is 18.5. The maximum Gasteiger partial charge on any atom is 0.339 e. The summed E-state index contributed by atoms with van der Waals surface area (Å²) in [5.41, 5.74) is 3.22. The zero-order chi connectivity index (χ0) is 26.5. The number of fused-ring (bicyclic) bond motifs is 1. The fourth-order valence-electron chi connectivity index (χ4n) is 4.12. The van der Waals surface area contributed by atoms with E-state index in [-0.39, 0.29) is 29.8 Å². The molecule has 3 aromatic carbocycles. The zero-order valence-electron chi connectivity index (χ0n) is 21.0. The standard InChI is InChI=1S/C31H28FNO5/c1-36-26-13-14-29(27(17-26)31(34)35)38-19-30(37-18-21-5-6-21)23-4-2-3-20(15-23)7-11-25-12-9-22-8-10-24(32)16-28(22)33-25/h2-4,7-17,21,30H,5-6,18-19H2,1H3,(H,34,35)/b11-7+/t30-/m0/s1. The van der Waals surface area contributed by atoms with Crippen LogP contribution in [0.5, 0.6) is 11.5 Å². The highest BCUT2D eigenvalue weighted by molar-refractivity contribution is 5.91. The number of aromatic nitrogens is 1. The van der Waals surface area contributed by atoms with Crippen molar-refractivity contribution in [3.63, 3.8) is 0 Å². The first-order valence-corrected chi connectivity index (χ1v) is 12.5. The zero-order valence-corrected chi connectivity index (χ0v) is 21.0. The molecule has 1 atom stereocenters. The maximum absolute atomic E-state index is 13.6. The highest BCUT2D eigenvalue weighted by Crippen LogP contribution is 2.32. The Hall–Kier alpha value is -4.23. The van der Waals surface area contributed by atoms with Crippen LogP contribution in [-0.4, -0.2) is 36.4 Å². The van der Waals surface area contributed by atoms with Gasteiger partial charge < -0.3 is 19.3 Å². The van der Waals surface area contributed by atoms with Gasteiger partial charge in [-0.25, -0.2) is 14.2 Å². The quantitative estimate of drug-likeness (QED) is 0.238. The van der Waals surface area contributed by atoms with Gasteiger partial charge in [0.2, 0.25) is 0 Å². The molecule has 1 aliphatic carbocycles. The lowest BCUT2D eigenvalue weighted by Gasteiger charge is -2.20. The van der Waals surface area contributed by atoms with Crippen LogP contribution in [0.1, 0.15) is 46.1 Å². The van der Waals surface area contributed by atoms with Gasteiger partial charge in [0.05, 0.1) is 24.9 Å². The predicted octanol–water partition coefficient (Wildman–Crippen LogP) is 6.80. The third kappa shape index (κ3) is 6.36. The number of methoxy groups -OCH3 is 1. The molecule has 194 valence electrons. The Morgan fingerprint density at radius 3 is 2.71 bits per heavy atom. The first-order valence-electron chi connectivity index (χ1n) is 12.5. The molecule has 4 aromatic rings. The molecule has 1 heterocycles. The van der Waals surface area contributed by atoms with Gasteiger partial charge in [0, 0.05) is 11.5 Å². The number of rotatable bonds is 11. The molecule has 6 nitrogen and oxygen atoms in total. The molecular formula is C31H28FNO5. The van der Waals surface area contributed by atoms with Gasteiger partial charge in [-0.1, -0.05) is 30.3 Å². The van der Waals surface area contributed by atoms with Crippen molar-refractivity contribution in [2.24, 2.45) is 5.92 Å². The molecule has 38 heavy (non-hydrogen) atoms. The van der Waals surface area contributed by atoms with Crippen LogP contribution in [0.25, 0.3) is 23.1 Å². The van der Waals surface area contributed by atoms with Gasteiger partial charge >= 0.3 is 5.97 Å². The number of halogens is 1. The Morgan fingerprint density at radius 1 is 1.08 bits per heavy atom. The number of pyridine rings is 1. The number of ether oxygens (including phenoxy) is 3. The smallest absolute Gasteiger partial charge is 0.339 e. The second-order valence-electron chi connectivity index (χ2n) is 9.32. The van der Waals surface area contributed by atoms with Crippen molar-refractivity contribution in [2.45, 2.75) is 18.9 Å². The summed E-state index contributed by atoms with van der Waals surface area (Å²) in [6.45, 7) is 0.782. The van der Waals surface area contributed by atoms with E-state index in [1.807, 2.05) is 48.6 Å². The van der Waals surface area contributed by atoms with Gasteiger partial charge in [0.15, 0.2) is 0 Å². The van der Waals surface area contributed by atoms with Crippen molar-refractivity contribution in [2.75, 3.05) is 20.3 Å². The number of aromatic carboxylic acids is 1. The summed E-state index contributed by atoms with van der Waals surface area (Å²) >= 11 is 0. The largest absolute Gasteiger partial charge is 0.497 e. The molecule has 0 radical (unpaired) electrons. The fourth-order valence-corrected chi connectivity index (χ4v) is 4.12. The molecule has 0 saturated heterocycles. The summed E-state index contributed by atoms with van der Waals surface area (Å²) < 4.78 is 31.0. The summed E-state index contributed by atoms with van der Waals surface area (Å²) in [4.78, 5) is 16.3. The normalized spacial score (nSPS) is 14.1. The maximum atomic E-state index is 13.6. The predicted molar refractivity (Wildman–Crippen MR) is 144 cm³/mol. The summed E-state index contributed by atoms with van der Waals surface area (Å²) in [5, 5.41) is 10.5. The lowest BCUT2D eigenvalue weighted by Crippen LogP contribution is -2.16. The molecule has 0 bridgehead atoms. The number of hydrogen-bond acceptors (Lipinski definition) is 5. The van der Waals surface area contributed by atoms with Crippen molar-refractivity contribution >= 4 is 29.0 Å². The Balaban J connectivity index is 1.34. The third-order valence-electron chi connectivity index (χ3n) is 6.44. The molecule has 1 saturated carbocycles. The van der Waals surface area contributed by atoms with Gasteiger partial charge in [-0.05, 0) is 78.4 Å². The van der Waals surface area contributed by atoms with Crippen LogP contribution in [0.2, 0.25) is 0 Å². The number of nitrogens with zero attached hydrogens (tertiary/aromatic N) is 1. The topological polar surface area (TPSA) is 77.9 Å². The van der Waals surface area contributed by atoms with Crippen molar-refractivity contribution < 1.29 is 28.5 Å². The average Bonchev–Trinajstić information content (AvgIpc) is 3.76. The Kier molecular flexibility index (Phi) is 7.65. The van der Waals surface area contributed by atoms with E-state index in [0.29, 0.717) is 23.8 Å². The minimum atomic E-state index is -1.09. The number of carbonyl (C=O) groups is 1. The summed E-state index contributed by atoms with van der Waals surface area (Å²) in [5.74, 6) is -0.148. The molecule has 1 aromatic heterocycles. The Labute approximate surface area is 220 Å². The van der Waals surface area contributed by atoms with E-state index in [1.54, 1.807) is 18.2 Å². The molecular weight excluding hydrogens is 485 g/mol. The van der Waals surface area contributed by atoms with Crippen LogP contribution >= 0.6 is 0 Å². The number of hydrogen-bond donors (Lipinski definition) is 1. The van der Waals surface area contributed by atoms with Crippen molar-refractivity contribution in [1.82, 2.24) is 4.98 Å². The molecule has 0 amide bonds. The van der Waals surface area contributed by atoms with Crippen LogP contribution in [-0.2, 0) is 4.74 Å². The molecule has 5 rings (SSSR count). The summed E-state index contributed by atoms with van der Waals surface area (Å²) in [7, 11) is 1.49. The lowest BCUT2D eigenvalue weighted by molar-refractivity contribution is 0.0128. The minimum Gasteiger partial charge on any atom is -0.497 e. The number of carboxylic acids is 1. The molecule has 1 aliphatic rings. The van der Waals surface area contributed by atoms with Crippen LogP contribution in [0.3, 0.4) is 0 Å². The highest BCUT2D eigenvalue weighted by Gasteiger charge is 2.25. The minimum absolute atomic E-state index is 0.0322. The van der Waals surface area contributed by atoms with E-state index in [0.717, 1.165) is 35.0 Å². The Morgan fingerprint density at radius 2 is 1.92 bits per heavy atom. The van der Waals surface area contributed by atoms with E-state index < -0.39 is 5.97 Å². The molecule has 0 unspecified atom stereocenters. The second kappa shape index (κ2) is 11.4. The monoisotopic (exact) mass is 513 g/mol. The van der Waals surface area contributed by atoms with E-state index >= 15 is 0 Å². The highest BCUT2D eigenvalue weighted by atomic mass is 19.1. The first kappa shape index (κ1) is 25.4. The molecule has 1 N–H and O–H groups in total. The van der Waals surface area contributed by atoms with Gasteiger partial charge in [0.25, 0.3) is 0 Å². The number of carboxylic acid groups (broad SMARTS) is 1. The van der Waals surface area contributed by atoms with Crippen LogP contribution < -0.4 is 9.47 Å². The van der Waals surface area contributed by atoms with Crippen molar-refractivity contribution in [1.29, 1.82) is 0 Å². The molecule has 0 spiro atoms. The van der Waals surface area contributed by atoms with Gasteiger partial charge in [-0.3, -0.25) is 0 Å². The van der Waals surface area contributed by atoms with E-state index in [2.05, 4.69) is 4.98 Å². The third-order valence-corrected chi connectivity index (χ3v) is 6.44. The summed E-state index contributed by atoms with van der Waals surface area (Å²) in [6.07, 6.45) is 5.76. The fraction of sp³-hybridized carbons (Fsp3) is 0.226. The van der Waals surface area contributed by atoms with Gasteiger partial charge in [-0.2, -0.15) is 0 Å². The van der Waals surface area contributed by atoms with Crippen LogP contribution in [0, 0.1) is 11.7 Å². The molecule has 7 heteroatoms.